The summed E-state index contributed by atoms with van der Waals surface area (Å²) in [6.07, 6.45) is 3.03. The van der Waals surface area contributed by atoms with Crippen molar-refractivity contribution in [3.63, 3.8) is 0 Å². The number of hydrazone groups is 2. The molecule has 0 bridgehead atoms. The van der Waals surface area contributed by atoms with Crippen LogP contribution in [0, 0.1) is 0 Å². The fraction of sp³-hybridized carbons (Fsp3) is 0.667. The highest BCUT2D eigenvalue weighted by atomic mass is 32.2. The van der Waals surface area contributed by atoms with Crippen molar-refractivity contribution < 1.29 is 8.42 Å². The monoisotopic (exact) mass is 238 g/mol. The fourth-order valence-electron chi connectivity index (χ4n) is 0.775. The minimum Gasteiger partial charge on any atom is -0.323 e. The largest absolute Gasteiger partial charge is 0.323 e. The van der Waals surface area contributed by atoms with Gasteiger partial charge in [-0.3, -0.25) is 8.42 Å². The first-order valence-corrected chi connectivity index (χ1v) is 7.10. The van der Waals surface area contributed by atoms with Crippen LogP contribution in [0.15, 0.2) is 10.2 Å². The van der Waals surface area contributed by atoms with Gasteiger partial charge in [-0.2, -0.15) is 10.2 Å². The van der Waals surface area contributed by atoms with E-state index in [1.807, 2.05) is 0 Å². The highest BCUT2D eigenvalue weighted by molar-refractivity contribution is 7.86. The van der Waals surface area contributed by atoms with Gasteiger partial charge in [0.05, 0.1) is 22.9 Å². The number of rotatable bonds is 5. The number of hydrogen-bond donors (Lipinski definition) is 2. The lowest BCUT2D eigenvalue weighted by molar-refractivity contribution is 0.688. The molecule has 82 valence electrons. The molecule has 6 nitrogen and oxygen atoms in total. The average molecular weight is 238 g/mol. The van der Waals surface area contributed by atoms with Crippen molar-refractivity contribution >= 4 is 33.0 Å². The van der Waals surface area contributed by atoms with Crippen LogP contribution in [0.1, 0.15) is 0 Å². The molecule has 4 N–H and O–H groups in total. The summed E-state index contributed by atoms with van der Waals surface area (Å²) >= 11 is 0. The van der Waals surface area contributed by atoms with Crippen molar-refractivity contribution in [2.24, 2.45) is 21.9 Å². The Morgan fingerprint density at radius 1 is 1.00 bits per heavy atom. The lowest BCUT2D eigenvalue weighted by Gasteiger charge is -2.04. The van der Waals surface area contributed by atoms with Crippen molar-refractivity contribution in [1.82, 2.24) is 0 Å². The molecule has 0 saturated heterocycles. The van der Waals surface area contributed by atoms with E-state index >= 15 is 0 Å². The molecular formula is C6H14N4O2S2. The molecule has 0 aliphatic heterocycles. The molecule has 0 aromatic rings. The zero-order valence-electron chi connectivity index (χ0n) is 8.10. The number of nitrogens with two attached hydrogens (primary N) is 2. The summed E-state index contributed by atoms with van der Waals surface area (Å²) < 4.78 is 21.8. The van der Waals surface area contributed by atoms with Crippen LogP contribution in [-0.4, -0.2) is 43.9 Å². The summed E-state index contributed by atoms with van der Waals surface area (Å²) in [7, 11) is -2.16. The van der Waals surface area contributed by atoms with E-state index in [1.54, 1.807) is 0 Å². The molecule has 0 spiro atoms. The SMILES string of the molecule is CS(=O)CC(=N/N)/C(CS(C)=O)=N\N. The molecule has 0 aromatic carbocycles. The van der Waals surface area contributed by atoms with Crippen LogP contribution < -0.4 is 11.7 Å². The zero-order chi connectivity index (χ0) is 11.1. The summed E-state index contributed by atoms with van der Waals surface area (Å²) in [6, 6.07) is 0. The summed E-state index contributed by atoms with van der Waals surface area (Å²) in [6.45, 7) is 0. The van der Waals surface area contributed by atoms with E-state index in [0.29, 0.717) is 11.4 Å². The Kier molecular flexibility index (Phi) is 6.30. The fourth-order valence-corrected chi connectivity index (χ4v) is 2.03. The molecule has 8 heteroatoms. The first kappa shape index (κ1) is 13.2. The maximum Gasteiger partial charge on any atom is 0.0966 e. The van der Waals surface area contributed by atoms with Crippen molar-refractivity contribution in [2.45, 2.75) is 0 Å². The lowest BCUT2D eigenvalue weighted by atomic mass is 10.3. The molecule has 0 saturated carbocycles. The van der Waals surface area contributed by atoms with Crippen molar-refractivity contribution in [3.05, 3.63) is 0 Å². The van der Waals surface area contributed by atoms with Crippen LogP contribution in [0.5, 0.6) is 0 Å². The van der Waals surface area contributed by atoms with Gasteiger partial charge >= 0.3 is 0 Å². The van der Waals surface area contributed by atoms with Crippen LogP contribution in [0.2, 0.25) is 0 Å². The van der Waals surface area contributed by atoms with Gasteiger partial charge in [-0.25, -0.2) is 0 Å². The molecule has 2 atom stereocenters. The second kappa shape index (κ2) is 6.66. The molecule has 0 amide bonds. The highest BCUT2D eigenvalue weighted by Crippen LogP contribution is 1.90. The predicted molar refractivity (Wildman–Crippen MR) is 61.1 cm³/mol. The van der Waals surface area contributed by atoms with Crippen molar-refractivity contribution in [3.8, 4) is 0 Å². The third-order valence-corrected chi connectivity index (χ3v) is 2.68. The summed E-state index contributed by atoms with van der Waals surface area (Å²) in [5.41, 5.74) is 0.673. The topological polar surface area (TPSA) is 111 Å². The first-order valence-electron chi connectivity index (χ1n) is 3.65. The smallest absolute Gasteiger partial charge is 0.0966 e. The third kappa shape index (κ3) is 5.07. The Hall–Kier alpha value is -0.760. The number of hydrogen-bond acceptors (Lipinski definition) is 6. The molecule has 0 aliphatic carbocycles. The van der Waals surface area contributed by atoms with Crippen LogP contribution in [0.4, 0.5) is 0 Å². The Morgan fingerprint density at radius 3 is 1.43 bits per heavy atom. The van der Waals surface area contributed by atoms with Gasteiger partial charge in [0.25, 0.3) is 0 Å². The molecule has 0 aliphatic rings. The van der Waals surface area contributed by atoms with E-state index in [4.69, 9.17) is 11.7 Å². The van der Waals surface area contributed by atoms with E-state index in [1.165, 1.54) is 12.5 Å². The number of nitrogens with zero attached hydrogens (tertiary/aromatic N) is 2. The average Bonchev–Trinajstić information content (AvgIpc) is 2.10. The minimum atomic E-state index is -1.08. The van der Waals surface area contributed by atoms with Gasteiger partial charge in [0.1, 0.15) is 0 Å². The third-order valence-electron chi connectivity index (χ3n) is 1.32. The van der Waals surface area contributed by atoms with Crippen molar-refractivity contribution in [2.75, 3.05) is 24.0 Å². The Morgan fingerprint density at radius 2 is 1.29 bits per heavy atom. The standard InChI is InChI=1S/C6H14N4O2S2/c1-13(11)3-5(9-7)6(10-8)4-14(2)12/h3-4,7-8H2,1-2H3/b9-5-,10-6-. The van der Waals surface area contributed by atoms with Crippen LogP contribution in [-0.2, 0) is 21.6 Å². The van der Waals surface area contributed by atoms with Crippen LogP contribution >= 0.6 is 0 Å². The molecule has 14 heavy (non-hydrogen) atoms. The molecule has 0 heterocycles. The molecule has 0 aromatic heterocycles. The summed E-state index contributed by atoms with van der Waals surface area (Å²) in [4.78, 5) is 0. The second-order valence-corrected chi connectivity index (χ2v) is 5.46. The molecule has 2 unspecified atom stereocenters. The van der Waals surface area contributed by atoms with Gasteiger partial charge in [-0.05, 0) is 0 Å². The summed E-state index contributed by atoms with van der Waals surface area (Å²) in [5, 5.41) is 6.86. The second-order valence-electron chi connectivity index (χ2n) is 2.59. The van der Waals surface area contributed by atoms with Gasteiger partial charge in [-0.15, -0.1) is 0 Å². The van der Waals surface area contributed by atoms with E-state index in [-0.39, 0.29) is 11.5 Å². The lowest BCUT2D eigenvalue weighted by Crippen LogP contribution is -2.28. The minimum absolute atomic E-state index is 0.170. The van der Waals surface area contributed by atoms with E-state index in [2.05, 4.69) is 10.2 Å². The first-order chi connectivity index (χ1) is 6.51. The molecule has 0 rings (SSSR count). The van der Waals surface area contributed by atoms with E-state index in [0.717, 1.165) is 0 Å². The van der Waals surface area contributed by atoms with E-state index < -0.39 is 21.6 Å². The maximum atomic E-state index is 10.9. The van der Waals surface area contributed by atoms with Gasteiger partial charge in [0.15, 0.2) is 0 Å². The highest BCUT2D eigenvalue weighted by Gasteiger charge is 2.12. The van der Waals surface area contributed by atoms with E-state index in [9.17, 15) is 8.42 Å². The maximum absolute atomic E-state index is 10.9. The van der Waals surface area contributed by atoms with Crippen LogP contribution in [0.25, 0.3) is 0 Å². The zero-order valence-corrected chi connectivity index (χ0v) is 9.73. The molecule has 0 radical (unpaired) electrons. The van der Waals surface area contributed by atoms with Gasteiger partial charge in [0, 0.05) is 34.1 Å². The molecular weight excluding hydrogens is 224 g/mol. The predicted octanol–water partition coefficient (Wildman–Crippen LogP) is -1.63. The summed E-state index contributed by atoms with van der Waals surface area (Å²) in [5.74, 6) is 10.5. The van der Waals surface area contributed by atoms with Crippen molar-refractivity contribution in [1.29, 1.82) is 0 Å². The quantitative estimate of drug-likeness (QED) is 0.340. The van der Waals surface area contributed by atoms with Gasteiger partial charge < -0.3 is 11.7 Å². The Labute approximate surface area is 87.7 Å². The van der Waals surface area contributed by atoms with Gasteiger partial charge in [-0.1, -0.05) is 0 Å². The Bertz CT molecular complexity index is 270. The van der Waals surface area contributed by atoms with Crippen LogP contribution in [0.3, 0.4) is 0 Å². The Balaban J connectivity index is 4.65. The normalized spacial score (nSPS) is 17.9. The molecule has 0 fully saturated rings. The van der Waals surface area contributed by atoms with Gasteiger partial charge in [0.2, 0.25) is 0 Å².